The molecule has 0 aromatic heterocycles. The minimum Gasteiger partial charge on any atom is -0.515 e. The van der Waals surface area contributed by atoms with Crippen LogP contribution in [0.2, 0.25) is 0 Å². The fourth-order valence-electron chi connectivity index (χ4n) is 3.36. The van der Waals surface area contributed by atoms with Crippen LogP contribution in [-0.2, 0) is 28.5 Å². The van der Waals surface area contributed by atoms with Crippen molar-refractivity contribution in [1.82, 2.24) is 0 Å². The summed E-state index contributed by atoms with van der Waals surface area (Å²) < 4.78 is 48.7. The molecule has 0 amide bonds. The fourth-order valence-corrected chi connectivity index (χ4v) is 4.45. The highest BCUT2D eigenvalue weighted by Gasteiger charge is 2.46. The van der Waals surface area contributed by atoms with E-state index < -0.39 is 34.7 Å². The number of rotatable bonds is 4. The Morgan fingerprint density at radius 2 is 1.79 bits per heavy atom. The minimum atomic E-state index is -4.08. The maximum atomic E-state index is 12.8. The van der Waals surface area contributed by atoms with Gasteiger partial charge in [-0.25, -0.2) is 0 Å². The lowest BCUT2D eigenvalue weighted by Crippen LogP contribution is -2.54. The standard InChI is InChI=1S/C21H22O7S/c1-14-7-9-17(10-8-14)29(23,24)28-19-16(11-22)12-25-18-13-26-21(27-20(18)19)15-5-3-2-4-6-15/h2-11,18-22H,12-13H2,1H3/b16-11+/t18-,19-,20?,21-/m1/s1. The van der Waals surface area contributed by atoms with Gasteiger partial charge in [-0.05, 0) is 19.1 Å². The van der Waals surface area contributed by atoms with Crippen LogP contribution in [0.25, 0.3) is 0 Å². The maximum absolute atomic E-state index is 12.8. The van der Waals surface area contributed by atoms with Crippen molar-refractivity contribution in [1.29, 1.82) is 0 Å². The quantitative estimate of drug-likeness (QED) is 0.603. The molecule has 0 radical (unpaired) electrons. The van der Waals surface area contributed by atoms with Crippen molar-refractivity contribution in [2.45, 2.75) is 36.4 Å². The lowest BCUT2D eigenvalue weighted by Gasteiger charge is -2.43. The summed E-state index contributed by atoms with van der Waals surface area (Å²) >= 11 is 0. The van der Waals surface area contributed by atoms with Crippen molar-refractivity contribution in [2.75, 3.05) is 13.2 Å². The van der Waals surface area contributed by atoms with Gasteiger partial charge in [-0.2, -0.15) is 8.42 Å². The van der Waals surface area contributed by atoms with E-state index in [1.807, 2.05) is 37.3 Å². The number of benzene rings is 2. The van der Waals surface area contributed by atoms with Crippen molar-refractivity contribution >= 4 is 10.1 Å². The SMILES string of the molecule is Cc1ccc(S(=O)(=O)O[C@@H]2/C(=C/O)CO[C@@H]3CO[C@@H](c4ccccc4)OC23)cc1. The molecule has 2 aromatic rings. The molecule has 8 heteroatoms. The topological polar surface area (TPSA) is 91.3 Å². The molecule has 2 aliphatic heterocycles. The van der Waals surface area contributed by atoms with E-state index in [2.05, 4.69) is 0 Å². The van der Waals surface area contributed by atoms with Crippen molar-refractivity contribution in [3.05, 3.63) is 77.6 Å². The van der Waals surface area contributed by atoms with Gasteiger partial charge in [-0.1, -0.05) is 48.0 Å². The summed E-state index contributed by atoms with van der Waals surface area (Å²) in [6.07, 6.45) is -2.17. The molecule has 29 heavy (non-hydrogen) atoms. The van der Waals surface area contributed by atoms with E-state index in [0.29, 0.717) is 0 Å². The molecule has 154 valence electrons. The average Bonchev–Trinajstić information content (AvgIpc) is 2.74. The zero-order valence-corrected chi connectivity index (χ0v) is 16.6. The molecule has 7 nitrogen and oxygen atoms in total. The van der Waals surface area contributed by atoms with E-state index in [-0.39, 0.29) is 23.7 Å². The van der Waals surface area contributed by atoms with Crippen LogP contribution in [0.15, 0.2) is 71.3 Å². The van der Waals surface area contributed by atoms with Crippen LogP contribution in [0.3, 0.4) is 0 Å². The molecule has 0 bridgehead atoms. The molecule has 1 N–H and O–H groups in total. The molecular formula is C21H22O7S. The van der Waals surface area contributed by atoms with Gasteiger partial charge >= 0.3 is 0 Å². The molecule has 2 saturated heterocycles. The predicted molar refractivity (Wildman–Crippen MR) is 104 cm³/mol. The van der Waals surface area contributed by atoms with Crippen molar-refractivity contribution in [2.24, 2.45) is 0 Å². The Hall–Kier alpha value is -2.23. The van der Waals surface area contributed by atoms with Crippen molar-refractivity contribution in [3.63, 3.8) is 0 Å². The van der Waals surface area contributed by atoms with Crippen molar-refractivity contribution < 1.29 is 31.9 Å². The number of aliphatic hydroxyl groups is 1. The summed E-state index contributed by atoms with van der Waals surface area (Å²) in [6, 6.07) is 15.7. The Kier molecular flexibility index (Phi) is 5.71. The summed E-state index contributed by atoms with van der Waals surface area (Å²) in [5.74, 6) is 0. The number of aryl methyl sites for hydroxylation is 1. The van der Waals surface area contributed by atoms with Gasteiger partial charge in [0.2, 0.25) is 0 Å². The van der Waals surface area contributed by atoms with Gasteiger partial charge < -0.3 is 19.3 Å². The number of ether oxygens (including phenoxy) is 3. The lowest BCUT2D eigenvalue weighted by atomic mass is 9.97. The summed E-state index contributed by atoms with van der Waals surface area (Å²) in [5, 5.41) is 9.63. The van der Waals surface area contributed by atoms with E-state index in [1.54, 1.807) is 12.1 Å². The highest BCUT2D eigenvalue weighted by Crippen LogP contribution is 2.36. The van der Waals surface area contributed by atoms with E-state index >= 15 is 0 Å². The normalized spacial score (nSPS) is 28.8. The lowest BCUT2D eigenvalue weighted by molar-refractivity contribution is -0.286. The van der Waals surface area contributed by atoms with Crippen LogP contribution in [0, 0.1) is 6.92 Å². The molecule has 0 saturated carbocycles. The van der Waals surface area contributed by atoms with Crippen LogP contribution in [0.1, 0.15) is 17.4 Å². The van der Waals surface area contributed by atoms with Crippen LogP contribution < -0.4 is 0 Å². The van der Waals surface area contributed by atoms with Crippen LogP contribution in [0.4, 0.5) is 0 Å². The third kappa shape index (κ3) is 4.22. The summed E-state index contributed by atoms with van der Waals surface area (Å²) in [5.41, 5.74) is 2.02. The van der Waals surface area contributed by atoms with Gasteiger partial charge in [0, 0.05) is 11.1 Å². The van der Waals surface area contributed by atoms with Gasteiger partial charge in [0.05, 0.1) is 24.4 Å². The highest BCUT2D eigenvalue weighted by atomic mass is 32.2. The van der Waals surface area contributed by atoms with E-state index in [9.17, 15) is 13.5 Å². The van der Waals surface area contributed by atoms with Crippen LogP contribution in [-0.4, -0.2) is 45.0 Å². The second-order valence-corrected chi connectivity index (χ2v) is 8.59. The molecule has 0 spiro atoms. The average molecular weight is 418 g/mol. The maximum Gasteiger partial charge on any atom is 0.297 e. The second-order valence-electron chi connectivity index (χ2n) is 7.01. The zero-order chi connectivity index (χ0) is 20.4. The number of hydrogen-bond acceptors (Lipinski definition) is 7. The third-order valence-electron chi connectivity index (χ3n) is 4.96. The Morgan fingerprint density at radius 1 is 1.07 bits per heavy atom. The highest BCUT2D eigenvalue weighted by molar-refractivity contribution is 7.86. The van der Waals surface area contributed by atoms with E-state index in [4.69, 9.17) is 18.4 Å². The number of fused-ring (bicyclic) bond motifs is 1. The largest absolute Gasteiger partial charge is 0.515 e. The molecule has 2 aliphatic rings. The monoisotopic (exact) mass is 418 g/mol. The smallest absolute Gasteiger partial charge is 0.297 e. The van der Waals surface area contributed by atoms with Gasteiger partial charge in [-0.3, -0.25) is 4.18 Å². The van der Waals surface area contributed by atoms with E-state index in [1.165, 1.54) is 12.1 Å². The second kappa shape index (κ2) is 8.25. The summed E-state index contributed by atoms with van der Waals surface area (Å²) in [7, 11) is -4.08. The molecule has 1 unspecified atom stereocenters. The molecule has 0 aliphatic carbocycles. The first-order chi connectivity index (χ1) is 14.0. The van der Waals surface area contributed by atoms with Gasteiger partial charge in [0.25, 0.3) is 10.1 Å². The Labute approximate surface area is 169 Å². The molecule has 4 rings (SSSR count). The number of aliphatic hydroxyl groups excluding tert-OH is 1. The van der Waals surface area contributed by atoms with Crippen LogP contribution >= 0.6 is 0 Å². The van der Waals surface area contributed by atoms with Gasteiger partial charge in [0.1, 0.15) is 18.3 Å². The molecule has 2 aromatic carbocycles. The van der Waals surface area contributed by atoms with E-state index in [0.717, 1.165) is 17.4 Å². The first-order valence-corrected chi connectivity index (χ1v) is 10.7. The van der Waals surface area contributed by atoms with Crippen molar-refractivity contribution in [3.8, 4) is 0 Å². The molecule has 4 atom stereocenters. The Bertz CT molecular complexity index is 970. The molecule has 2 fully saturated rings. The minimum absolute atomic E-state index is 0.0223. The number of hydrogen-bond donors (Lipinski definition) is 1. The Morgan fingerprint density at radius 3 is 2.48 bits per heavy atom. The first-order valence-electron chi connectivity index (χ1n) is 9.24. The molecule has 2 heterocycles. The van der Waals surface area contributed by atoms with Gasteiger partial charge in [-0.15, -0.1) is 0 Å². The first kappa shape index (κ1) is 20.1. The summed E-state index contributed by atoms with van der Waals surface area (Å²) in [4.78, 5) is 0.0371. The van der Waals surface area contributed by atoms with Gasteiger partial charge in [0.15, 0.2) is 6.29 Å². The molecular weight excluding hydrogens is 396 g/mol. The predicted octanol–water partition coefficient (Wildman–Crippen LogP) is 3.02. The third-order valence-corrected chi connectivity index (χ3v) is 6.27. The summed E-state index contributed by atoms with van der Waals surface area (Å²) in [6.45, 7) is 2.11. The Balaban J connectivity index is 1.61. The zero-order valence-electron chi connectivity index (χ0n) is 15.8. The fraction of sp³-hybridized carbons (Fsp3) is 0.333. The van der Waals surface area contributed by atoms with Crippen LogP contribution in [0.5, 0.6) is 0 Å².